The summed E-state index contributed by atoms with van der Waals surface area (Å²) in [6.07, 6.45) is 4.65. The monoisotopic (exact) mass is 629 g/mol. The summed E-state index contributed by atoms with van der Waals surface area (Å²) in [5, 5.41) is 13.0. The summed E-state index contributed by atoms with van der Waals surface area (Å²) >= 11 is 6.25. The van der Waals surface area contributed by atoms with E-state index < -0.39 is 6.09 Å². The summed E-state index contributed by atoms with van der Waals surface area (Å²) in [4.78, 5) is 44.3. The molecule has 12 heteroatoms. The Kier molecular flexibility index (Phi) is 8.98. The van der Waals surface area contributed by atoms with Crippen LogP contribution in [0.4, 0.5) is 4.79 Å². The Labute approximate surface area is 241 Å². The molecular formula is C27H28BrN5O4S2. The number of thiazole rings is 2. The van der Waals surface area contributed by atoms with Crippen LogP contribution in [-0.2, 0) is 7.05 Å². The molecular weight excluding hydrogens is 602 g/mol. The number of fused-ring (bicyclic) bond motifs is 3. The fourth-order valence-electron chi connectivity index (χ4n) is 4.42. The minimum Gasteiger partial charge on any atom is -0.463 e. The number of aryl methyl sites for hydroxylation is 2. The minimum atomic E-state index is -1.17. The Hall–Kier alpha value is -3.35. The van der Waals surface area contributed by atoms with Gasteiger partial charge in [0.1, 0.15) is 0 Å². The van der Waals surface area contributed by atoms with Crippen molar-refractivity contribution in [3.8, 4) is 16.2 Å². The van der Waals surface area contributed by atoms with E-state index in [-0.39, 0.29) is 11.6 Å². The van der Waals surface area contributed by atoms with Crippen molar-refractivity contribution in [2.24, 2.45) is 13.0 Å². The van der Waals surface area contributed by atoms with E-state index >= 15 is 0 Å². The highest BCUT2D eigenvalue weighted by Crippen LogP contribution is 2.38. The van der Waals surface area contributed by atoms with Crippen molar-refractivity contribution in [1.29, 1.82) is 0 Å². The van der Waals surface area contributed by atoms with Crippen LogP contribution in [0.1, 0.15) is 32.9 Å². The minimum absolute atomic E-state index is 0.164. The van der Waals surface area contributed by atoms with Crippen LogP contribution in [0.5, 0.6) is 5.75 Å². The molecule has 204 valence electrons. The molecule has 5 aromatic rings. The first-order valence-electron chi connectivity index (χ1n) is 12.1. The molecule has 4 heterocycles. The van der Waals surface area contributed by atoms with Crippen LogP contribution in [0.15, 0.2) is 56.4 Å². The number of carbonyl (C=O) groups is 1. The summed E-state index contributed by atoms with van der Waals surface area (Å²) in [6.45, 7) is 7.71. The molecule has 0 saturated heterocycles. The van der Waals surface area contributed by atoms with Gasteiger partial charge >= 0.3 is 6.09 Å². The van der Waals surface area contributed by atoms with Crippen molar-refractivity contribution in [2.75, 3.05) is 0 Å². The number of amides is 1. The molecule has 1 N–H and O–H groups in total. The normalized spacial score (nSPS) is 11.9. The molecule has 0 fully saturated rings. The summed E-state index contributed by atoms with van der Waals surface area (Å²) in [5.74, 6) is 0.650. The second-order valence-electron chi connectivity index (χ2n) is 9.40. The van der Waals surface area contributed by atoms with Gasteiger partial charge in [0.2, 0.25) is 0 Å². The molecule has 0 aliphatic carbocycles. The van der Waals surface area contributed by atoms with Gasteiger partial charge in [-0.05, 0) is 59.6 Å². The van der Waals surface area contributed by atoms with Crippen LogP contribution in [0.3, 0.4) is 0 Å². The van der Waals surface area contributed by atoms with Crippen LogP contribution >= 0.6 is 38.6 Å². The fourth-order valence-corrected chi connectivity index (χ4v) is 5.78. The van der Waals surface area contributed by atoms with E-state index in [4.69, 9.17) is 4.84 Å². The van der Waals surface area contributed by atoms with E-state index in [0.717, 1.165) is 24.5 Å². The van der Waals surface area contributed by atoms with Gasteiger partial charge in [-0.15, -0.1) is 27.7 Å². The lowest BCUT2D eigenvalue weighted by Gasteiger charge is -2.28. The summed E-state index contributed by atoms with van der Waals surface area (Å²) in [5.41, 5.74) is 5.35. The Morgan fingerprint density at radius 2 is 1.87 bits per heavy atom. The number of carboxylic acid groups (broad SMARTS) is 1. The molecule has 0 radical (unpaired) electrons. The van der Waals surface area contributed by atoms with Gasteiger partial charge in [-0.3, -0.25) is 19.7 Å². The van der Waals surface area contributed by atoms with E-state index in [2.05, 4.69) is 30.9 Å². The van der Waals surface area contributed by atoms with Gasteiger partial charge in [-0.25, -0.2) is 4.79 Å². The lowest BCUT2D eigenvalue weighted by molar-refractivity contribution is -0.0676. The van der Waals surface area contributed by atoms with Crippen molar-refractivity contribution in [3.05, 3.63) is 67.6 Å². The maximum atomic E-state index is 13.1. The SMILES string of the molecule is Brc1cncs1.Cc1nccc2c1c(=O)n(C)c1cc(ON(C(=O)O)C(C)CC(C)C)c(-c3cncs3)cc21. The average molecular weight is 631 g/mol. The molecule has 4 aromatic heterocycles. The number of benzene rings is 1. The number of hydrogen-bond donors (Lipinski definition) is 1. The van der Waals surface area contributed by atoms with Gasteiger partial charge in [0.25, 0.3) is 5.56 Å². The van der Waals surface area contributed by atoms with Crippen LogP contribution in [0, 0.1) is 12.8 Å². The van der Waals surface area contributed by atoms with Crippen molar-refractivity contribution in [3.63, 3.8) is 0 Å². The number of rotatable bonds is 6. The van der Waals surface area contributed by atoms with Gasteiger partial charge in [-0.2, -0.15) is 0 Å². The van der Waals surface area contributed by atoms with Gasteiger partial charge in [0, 0.05) is 36.5 Å². The van der Waals surface area contributed by atoms with Crippen molar-refractivity contribution < 1.29 is 14.7 Å². The molecule has 9 nitrogen and oxygen atoms in total. The molecule has 0 saturated carbocycles. The van der Waals surface area contributed by atoms with E-state index in [1.807, 2.05) is 39.8 Å². The predicted molar refractivity (Wildman–Crippen MR) is 160 cm³/mol. The molecule has 0 bridgehead atoms. The number of hydroxylamine groups is 2. The lowest BCUT2D eigenvalue weighted by atomic mass is 10.0. The van der Waals surface area contributed by atoms with Crippen LogP contribution in [0.2, 0.25) is 0 Å². The Morgan fingerprint density at radius 3 is 2.44 bits per heavy atom. The van der Waals surface area contributed by atoms with Crippen molar-refractivity contribution >= 4 is 66.4 Å². The van der Waals surface area contributed by atoms with E-state index in [0.29, 0.717) is 40.2 Å². The highest BCUT2D eigenvalue weighted by molar-refractivity contribution is 9.11. The Balaban J connectivity index is 0.000000519. The third-order valence-corrected chi connectivity index (χ3v) is 8.24. The highest BCUT2D eigenvalue weighted by atomic mass is 79.9. The lowest BCUT2D eigenvalue weighted by Crippen LogP contribution is -2.41. The third-order valence-electron chi connectivity index (χ3n) is 6.11. The summed E-state index contributed by atoms with van der Waals surface area (Å²) < 4.78 is 2.64. The first-order chi connectivity index (χ1) is 18.6. The zero-order chi connectivity index (χ0) is 28.3. The maximum absolute atomic E-state index is 13.1. The van der Waals surface area contributed by atoms with Crippen LogP contribution in [0.25, 0.3) is 32.1 Å². The van der Waals surface area contributed by atoms with Crippen LogP contribution in [-0.4, -0.2) is 41.8 Å². The zero-order valence-corrected chi connectivity index (χ0v) is 25.3. The van der Waals surface area contributed by atoms with Gasteiger partial charge < -0.3 is 14.5 Å². The topological polar surface area (TPSA) is 110 Å². The molecule has 39 heavy (non-hydrogen) atoms. The van der Waals surface area contributed by atoms with E-state index in [1.165, 1.54) is 11.3 Å². The smallest absolute Gasteiger partial charge is 0.440 e. The highest BCUT2D eigenvalue weighted by Gasteiger charge is 2.25. The molecule has 0 spiro atoms. The van der Waals surface area contributed by atoms with E-state index in [9.17, 15) is 14.7 Å². The number of hydrogen-bond acceptors (Lipinski definition) is 8. The first-order valence-corrected chi connectivity index (χ1v) is 14.7. The molecule has 0 aliphatic rings. The standard InChI is InChI=1S/C24H26N4O4S.C3H2BrNS/c1-13(2)8-14(3)28(24(30)31)32-20-10-19-17(9-18(20)21-11-25-12-33-21)16-6-7-26-15(4)22(16)23(29)27(19)5;4-3-1-5-2-6-3/h6-7,9-14H,8H2,1-5H3,(H,30,31);1-2H. The first kappa shape index (κ1) is 28.7. The second kappa shape index (κ2) is 12.2. The predicted octanol–water partition coefficient (Wildman–Crippen LogP) is 7.13. The number of halogens is 1. The average Bonchev–Trinajstić information content (AvgIpc) is 3.59. The fraction of sp³-hybridized carbons (Fsp3) is 0.296. The van der Waals surface area contributed by atoms with Crippen LogP contribution < -0.4 is 10.4 Å². The van der Waals surface area contributed by atoms with Crippen molar-refractivity contribution in [2.45, 2.75) is 40.2 Å². The summed E-state index contributed by atoms with van der Waals surface area (Å²) in [7, 11) is 1.70. The van der Waals surface area contributed by atoms with Gasteiger partial charge in [0.05, 0.1) is 48.5 Å². The quantitative estimate of drug-likeness (QED) is 0.157. The molecule has 1 unspecified atom stereocenters. The number of nitrogens with zero attached hydrogens (tertiary/aromatic N) is 5. The Bertz CT molecular complexity index is 1650. The molecule has 1 atom stereocenters. The number of aromatic nitrogens is 4. The van der Waals surface area contributed by atoms with E-state index in [1.54, 1.807) is 58.6 Å². The summed E-state index contributed by atoms with van der Waals surface area (Å²) in [6, 6.07) is 5.14. The zero-order valence-electron chi connectivity index (χ0n) is 22.1. The number of pyridine rings is 2. The van der Waals surface area contributed by atoms with Crippen molar-refractivity contribution in [1.82, 2.24) is 24.6 Å². The third kappa shape index (κ3) is 6.29. The molecule has 0 aliphatic heterocycles. The molecule has 1 aromatic carbocycles. The second-order valence-corrected chi connectivity index (χ2v) is 12.5. The molecule has 5 rings (SSSR count). The van der Waals surface area contributed by atoms with Gasteiger partial charge in [-0.1, -0.05) is 13.8 Å². The maximum Gasteiger partial charge on any atom is 0.440 e. The molecule has 1 amide bonds. The largest absolute Gasteiger partial charge is 0.463 e. The Morgan fingerprint density at radius 1 is 1.15 bits per heavy atom. The van der Waals surface area contributed by atoms with Gasteiger partial charge in [0.15, 0.2) is 5.75 Å².